The number of thiophene rings is 1. The second kappa shape index (κ2) is 8.23. The monoisotopic (exact) mass is 437 g/mol. The Morgan fingerprint density at radius 1 is 1.17 bits per heavy atom. The topological polar surface area (TPSA) is 119 Å². The summed E-state index contributed by atoms with van der Waals surface area (Å²) in [7, 11) is -3.89. The van der Waals surface area contributed by atoms with Gasteiger partial charge in [0.2, 0.25) is 0 Å². The molecular formula is C19H23N3O5S2. The molecule has 1 aromatic heterocycles. The molecule has 0 saturated carbocycles. The van der Waals surface area contributed by atoms with Crippen molar-refractivity contribution in [1.82, 2.24) is 4.31 Å². The summed E-state index contributed by atoms with van der Waals surface area (Å²) in [5.41, 5.74) is 6.58. The number of primary amides is 1. The van der Waals surface area contributed by atoms with E-state index in [1.807, 2.05) is 0 Å². The molecule has 3 rings (SSSR count). The molecule has 3 N–H and O–H groups in total. The van der Waals surface area contributed by atoms with Crippen molar-refractivity contribution in [3.8, 4) is 0 Å². The van der Waals surface area contributed by atoms with E-state index in [-0.39, 0.29) is 40.1 Å². The maximum Gasteiger partial charge on any atom is 0.256 e. The average molecular weight is 438 g/mol. The highest BCUT2D eigenvalue weighted by atomic mass is 32.2. The predicted molar refractivity (Wildman–Crippen MR) is 111 cm³/mol. The number of anilines is 1. The minimum absolute atomic E-state index is 0.0379. The molecule has 0 aliphatic carbocycles. The highest BCUT2D eigenvalue weighted by Crippen LogP contribution is 2.35. The Kier molecular flexibility index (Phi) is 6.08. The first-order valence-corrected chi connectivity index (χ1v) is 11.3. The fourth-order valence-corrected chi connectivity index (χ4v) is 6.60. The van der Waals surface area contributed by atoms with Gasteiger partial charge in [-0.15, -0.1) is 11.3 Å². The maximum atomic E-state index is 13.2. The Hall–Kier alpha value is -2.27. The minimum atomic E-state index is -3.89. The van der Waals surface area contributed by atoms with Gasteiger partial charge in [0.25, 0.3) is 21.8 Å². The van der Waals surface area contributed by atoms with Crippen LogP contribution in [0.3, 0.4) is 0 Å². The third kappa shape index (κ3) is 4.20. The molecule has 0 spiro atoms. The molecule has 1 saturated heterocycles. The van der Waals surface area contributed by atoms with Crippen molar-refractivity contribution in [2.24, 2.45) is 5.73 Å². The number of nitrogens with zero attached hydrogens (tertiary/aromatic N) is 1. The lowest BCUT2D eigenvalue weighted by molar-refractivity contribution is 0.00645. The molecule has 2 aromatic rings. The quantitative estimate of drug-likeness (QED) is 0.743. The molecule has 0 radical (unpaired) electrons. The van der Waals surface area contributed by atoms with Crippen LogP contribution in [0.4, 0.5) is 5.00 Å². The van der Waals surface area contributed by atoms with Gasteiger partial charge in [0, 0.05) is 17.6 Å². The molecule has 2 unspecified atom stereocenters. The summed E-state index contributed by atoms with van der Waals surface area (Å²) < 4.78 is 33.2. The van der Waals surface area contributed by atoms with Crippen molar-refractivity contribution in [2.45, 2.75) is 37.1 Å². The van der Waals surface area contributed by atoms with Crippen LogP contribution in [0.2, 0.25) is 0 Å². The van der Waals surface area contributed by atoms with Crippen molar-refractivity contribution < 1.29 is 22.7 Å². The molecular weight excluding hydrogens is 414 g/mol. The van der Waals surface area contributed by atoms with Gasteiger partial charge in [0.15, 0.2) is 0 Å². The molecule has 156 valence electrons. The van der Waals surface area contributed by atoms with E-state index in [4.69, 9.17) is 10.5 Å². The van der Waals surface area contributed by atoms with E-state index in [1.54, 1.807) is 45.0 Å². The highest BCUT2D eigenvalue weighted by Gasteiger charge is 2.38. The van der Waals surface area contributed by atoms with E-state index in [0.29, 0.717) is 5.56 Å². The molecule has 1 fully saturated rings. The first-order chi connectivity index (χ1) is 13.6. The number of nitrogens with two attached hydrogens (primary N) is 1. The highest BCUT2D eigenvalue weighted by molar-refractivity contribution is 7.91. The fourth-order valence-electron chi connectivity index (χ4n) is 3.34. The molecule has 29 heavy (non-hydrogen) atoms. The van der Waals surface area contributed by atoms with Crippen molar-refractivity contribution in [2.75, 3.05) is 18.5 Å². The van der Waals surface area contributed by atoms with Crippen molar-refractivity contribution >= 4 is 38.2 Å². The molecule has 1 aliphatic rings. The number of carbonyl (C=O) groups is 2. The first kappa shape index (κ1) is 21.4. The van der Waals surface area contributed by atoms with E-state index >= 15 is 0 Å². The van der Waals surface area contributed by atoms with E-state index in [0.717, 1.165) is 16.9 Å². The lowest BCUT2D eigenvalue weighted by Crippen LogP contribution is -2.52. The van der Waals surface area contributed by atoms with Crippen LogP contribution in [0.5, 0.6) is 0 Å². The number of amides is 2. The van der Waals surface area contributed by atoms with Gasteiger partial charge in [-0.25, -0.2) is 8.42 Å². The zero-order chi connectivity index (χ0) is 21.3. The SMILES string of the molecule is Cc1ccccc1C(=O)Nc1sc(S(=O)(=O)N2C(C)COCC2C)cc1C(N)=O. The number of nitrogens with one attached hydrogen (secondary N) is 1. The smallest absolute Gasteiger partial charge is 0.256 e. The Morgan fingerprint density at radius 3 is 2.38 bits per heavy atom. The van der Waals surface area contributed by atoms with Gasteiger partial charge in [-0.05, 0) is 38.5 Å². The zero-order valence-electron chi connectivity index (χ0n) is 16.3. The van der Waals surface area contributed by atoms with Crippen LogP contribution in [0.1, 0.15) is 40.1 Å². The second-order valence-corrected chi connectivity index (χ2v) is 10.1. The fraction of sp³-hybridized carbons (Fsp3) is 0.368. The summed E-state index contributed by atoms with van der Waals surface area (Å²) in [6.45, 7) is 5.88. The lowest BCUT2D eigenvalue weighted by Gasteiger charge is -2.37. The number of rotatable bonds is 5. The number of aryl methyl sites for hydroxylation is 1. The average Bonchev–Trinajstić information content (AvgIpc) is 3.06. The van der Waals surface area contributed by atoms with Gasteiger partial charge < -0.3 is 15.8 Å². The van der Waals surface area contributed by atoms with E-state index < -0.39 is 21.8 Å². The summed E-state index contributed by atoms with van der Waals surface area (Å²) in [5.74, 6) is -1.25. The van der Waals surface area contributed by atoms with E-state index in [9.17, 15) is 18.0 Å². The van der Waals surface area contributed by atoms with Crippen molar-refractivity contribution in [3.63, 3.8) is 0 Å². The standard InChI is InChI=1S/C19H23N3O5S2/c1-11-6-4-5-7-14(11)18(24)21-19-15(17(20)23)8-16(28-19)29(25,26)22-12(2)9-27-10-13(22)3/h4-8,12-13H,9-10H2,1-3H3,(H2,20,23)(H,21,24). The number of hydrogen-bond acceptors (Lipinski definition) is 6. The molecule has 2 atom stereocenters. The van der Waals surface area contributed by atoms with Gasteiger partial charge >= 0.3 is 0 Å². The van der Waals surface area contributed by atoms with Crippen LogP contribution in [-0.4, -0.2) is 49.8 Å². The number of morpholine rings is 1. The molecule has 2 heterocycles. The van der Waals surface area contributed by atoms with Crippen LogP contribution >= 0.6 is 11.3 Å². The van der Waals surface area contributed by atoms with Gasteiger partial charge in [-0.2, -0.15) is 4.31 Å². The third-order valence-corrected chi connectivity index (χ3v) is 8.34. The Labute approximate surface area is 173 Å². The number of benzene rings is 1. The molecule has 10 heteroatoms. The van der Waals surface area contributed by atoms with Crippen LogP contribution in [0, 0.1) is 6.92 Å². The maximum absolute atomic E-state index is 13.2. The Balaban J connectivity index is 1.98. The predicted octanol–water partition coefficient (Wildman–Crippen LogP) is 2.21. The summed E-state index contributed by atoms with van der Waals surface area (Å²) in [6, 6.07) is 7.49. The zero-order valence-corrected chi connectivity index (χ0v) is 18.0. The summed E-state index contributed by atoms with van der Waals surface area (Å²) in [6.07, 6.45) is 0. The number of ether oxygens (including phenoxy) is 1. The normalized spacial score (nSPS) is 20.4. The van der Waals surface area contributed by atoms with Crippen LogP contribution in [0.15, 0.2) is 34.5 Å². The van der Waals surface area contributed by atoms with E-state index in [2.05, 4.69) is 5.32 Å². The number of hydrogen-bond donors (Lipinski definition) is 2. The lowest BCUT2D eigenvalue weighted by atomic mass is 10.1. The number of sulfonamides is 1. The van der Waals surface area contributed by atoms with Crippen LogP contribution in [0.25, 0.3) is 0 Å². The molecule has 1 aromatic carbocycles. The first-order valence-electron chi connectivity index (χ1n) is 9.04. The Bertz CT molecular complexity index is 1040. The molecule has 8 nitrogen and oxygen atoms in total. The third-order valence-electron chi connectivity index (χ3n) is 4.71. The Morgan fingerprint density at radius 2 is 1.79 bits per heavy atom. The summed E-state index contributed by atoms with van der Waals surface area (Å²) in [5, 5.41) is 2.75. The van der Waals surface area contributed by atoms with Crippen LogP contribution < -0.4 is 11.1 Å². The minimum Gasteiger partial charge on any atom is -0.378 e. The van der Waals surface area contributed by atoms with Crippen molar-refractivity contribution in [1.29, 1.82) is 0 Å². The van der Waals surface area contributed by atoms with Gasteiger partial charge in [-0.1, -0.05) is 18.2 Å². The molecule has 2 amide bonds. The molecule has 1 aliphatic heterocycles. The molecule has 0 bridgehead atoms. The largest absolute Gasteiger partial charge is 0.378 e. The van der Waals surface area contributed by atoms with Crippen molar-refractivity contribution in [3.05, 3.63) is 47.0 Å². The second-order valence-electron chi connectivity index (χ2n) is 7.01. The summed E-state index contributed by atoms with van der Waals surface area (Å²) >= 11 is 0.818. The van der Waals surface area contributed by atoms with Gasteiger partial charge in [-0.3, -0.25) is 9.59 Å². The van der Waals surface area contributed by atoms with Crippen LogP contribution in [-0.2, 0) is 14.8 Å². The number of carbonyl (C=O) groups excluding carboxylic acids is 2. The summed E-state index contributed by atoms with van der Waals surface area (Å²) in [4.78, 5) is 24.5. The van der Waals surface area contributed by atoms with Gasteiger partial charge in [0.05, 0.1) is 18.8 Å². The van der Waals surface area contributed by atoms with E-state index in [1.165, 1.54) is 10.4 Å². The van der Waals surface area contributed by atoms with Gasteiger partial charge in [0.1, 0.15) is 9.21 Å².